The summed E-state index contributed by atoms with van der Waals surface area (Å²) in [5, 5.41) is 6.50. The first-order chi connectivity index (χ1) is 5.77. The second kappa shape index (κ2) is 2.47. The SMILES string of the molecule is Cn1ncnc1C1COC(=O)N1. The Morgan fingerprint density at radius 1 is 1.83 bits per heavy atom. The number of nitrogens with zero attached hydrogens (tertiary/aromatic N) is 3. The van der Waals surface area contributed by atoms with Gasteiger partial charge >= 0.3 is 6.09 Å². The molecule has 1 unspecified atom stereocenters. The molecule has 1 aliphatic rings. The van der Waals surface area contributed by atoms with Crippen LogP contribution in [-0.4, -0.2) is 27.5 Å². The van der Waals surface area contributed by atoms with Crippen molar-refractivity contribution in [1.82, 2.24) is 20.1 Å². The lowest BCUT2D eigenvalue weighted by Crippen LogP contribution is -2.21. The quantitative estimate of drug-likeness (QED) is 0.619. The van der Waals surface area contributed by atoms with Gasteiger partial charge in [-0.2, -0.15) is 5.10 Å². The number of rotatable bonds is 1. The number of ether oxygens (including phenoxy) is 1. The number of aromatic nitrogens is 3. The molecule has 0 saturated carbocycles. The van der Waals surface area contributed by atoms with Gasteiger partial charge in [0.15, 0.2) is 5.82 Å². The molecule has 1 N–H and O–H groups in total. The summed E-state index contributed by atoms with van der Waals surface area (Å²) in [4.78, 5) is 14.7. The molecule has 1 aliphatic heterocycles. The summed E-state index contributed by atoms with van der Waals surface area (Å²) in [6, 6.07) is -0.162. The third-order valence-electron chi connectivity index (χ3n) is 1.73. The van der Waals surface area contributed by atoms with Crippen molar-refractivity contribution in [2.75, 3.05) is 6.61 Å². The first-order valence-electron chi connectivity index (χ1n) is 3.54. The van der Waals surface area contributed by atoms with E-state index in [0.29, 0.717) is 12.4 Å². The van der Waals surface area contributed by atoms with Gasteiger partial charge in [0, 0.05) is 7.05 Å². The largest absolute Gasteiger partial charge is 0.447 e. The Balaban J connectivity index is 2.21. The lowest BCUT2D eigenvalue weighted by Gasteiger charge is -2.04. The molecule has 1 aromatic rings. The lowest BCUT2D eigenvalue weighted by molar-refractivity contribution is 0.176. The molecule has 0 bridgehead atoms. The highest BCUT2D eigenvalue weighted by Crippen LogP contribution is 2.13. The average Bonchev–Trinajstić information content (AvgIpc) is 2.58. The van der Waals surface area contributed by atoms with E-state index in [-0.39, 0.29) is 6.04 Å². The summed E-state index contributed by atoms with van der Waals surface area (Å²) in [6.07, 6.45) is 1.04. The highest BCUT2D eigenvalue weighted by molar-refractivity contribution is 5.69. The van der Waals surface area contributed by atoms with Crippen LogP contribution in [0.3, 0.4) is 0 Å². The molecule has 6 nitrogen and oxygen atoms in total. The Bertz CT molecular complexity index is 308. The maximum atomic E-state index is 10.7. The third-order valence-corrected chi connectivity index (χ3v) is 1.73. The average molecular weight is 168 g/mol. The molecule has 2 rings (SSSR count). The lowest BCUT2D eigenvalue weighted by atomic mass is 10.3. The Labute approximate surface area is 68.5 Å². The molecule has 0 aromatic carbocycles. The first kappa shape index (κ1) is 7.08. The molecule has 1 aromatic heterocycles. The topological polar surface area (TPSA) is 69.0 Å². The van der Waals surface area contributed by atoms with Crippen LogP contribution < -0.4 is 5.32 Å². The highest BCUT2D eigenvalue weighted by atomic mass is 16.6. The second-order valence-corrected chi connectivity index (χ2v) is 2.54. The fraction of sp³-hybridized carbons (Fsp3) is 0.500. The smallest absolute Gasteiger partial charge is 0.407 e. The standard InChI is InChI=1S/C6H8N4O2/c1-10-5(7-3-8-10)4-2-12-6(11)9-4/h3-4H,2H2,1H3,(H,9,11). The summed E-state index contributed by atoms with van der Waals surface area (Å²) in [5.74, 6) is 0.709. The Hall–Kier alpha value is -1.59. The molecule has 1 saturated heterocycles. The van der Waals surface area contributed by atoms with Crippen LogP contribution in [0.2, 0.25) is 0 Å². The zero-order valence-electron chi connectivity index (χ0n) is 6.52. The van der Waals surface area contributed by atoms with Gasteiger partial charge in [-0.05, 0) is 0 Å². The van der Waals surface area contributed by atoms with Crippen LogP contribution in [0.15, 0.2) is 6.33 Å². The Kier molecular flexibility index (Phi) is 1.46. The molecule has 0 spiro atoms. The molecule has 6 heteroatoms. The van der Waals surface area contributed by atoms with Crippen molar-refractivity contribution >= 4 is 6.09 Å². The zero-order chi connectivity index (χ0) is 8.55. The summed E-state index contributed by atoms with van der Waals surface area (Å²) >= 11 is 0. The maximum absolute atomic E-state index is 10.7. The van der Waals surface area contributed by atoms with Crippen molar-refractivity contribution in [3.05, 3.63) is 12.2 Å². The molecular formula is C6H8N4O2. The number of nitrogens with one attached hydrogen (secondary N) is 1. The third kappa shape index (κ3) is 1.01. The van der Waals surface area contributed by atoms with Crippen molar-refractivity contribution in [3.63, 3.8) is 0 Å². The van der Waals surface area contributed by atoms with Gasteiger partial charge in [-0.15, -0.1) is 0 Å². The van der Waals surface area contributed by atoms with E-state index in [2.05, 4.69) is 15.4 Å². The van der Waals surface area contributed by atoms with Crippen LogP contribution in [0.25, 0.3) is 0 Å². The molecular weight excluding hydrogens is 160 g/mol. The number of carbonyl (C=O) groups excluding carboxylic acids is 1. The second-order valence-electron chi connectivity index (χ2n) is 2.54. The van der Waals surface area contributed by atoms with Crippen molar-refractivity contribution in [3.8, 4) is 0 Å². The molecule has 64 valence electrons. The number of hydrogen-bond acceptors (Lipinski definition) is 4. The van der Waals surface area contributed by atoms with Crippen LogP contribution in [0.4, 0.5) is 4.79 Å². The number of carbonyl (C=O) groups is 1. The Morgan fingerprint density at radius 3 is 3.17 bits per heavy atom. The van der Waals surface area contributed by atoms with Gasteiger partial charge in [-0.3, -0.25) is 4.68 Å². The fourth-order valence-electron chi connectivity index (χ4n) is 1.14. The summed E-state index contributed by atoms with van der Waals surface area (Å²) in [6.45, 7) is 0.325. The highest BCUT2D eigenvalue weighted by Gasteiger charge is 2.26. The minimum Gasteiger partial charge on any atom is -0.447 e. The zero-order valence-corrected chi connectivity index (χ0v) is 6.52. The normalized spacial score (nSPS) is 22.1. The van der Waals surface area contributed by atoms with Gasteiger partial charge in [0.2, 0.25) is 0 Å². The van der Waals surface area contributed by atoms with E-state index < -0.39 is 6.09 Å². The fourth-order valence-corrected chi connectivity index (χ4v) is 1.14. The Morgan fingerprint density at radius 2 is 2.67 bits per heavy atom. The van der Waals surface area contributed by atoms with Crippen LogP contribution in [-0.2, 0) is 11.8 Å². The summed E-state index contributed by atoms with van der Waals surface area (Å²) in [7, 11) is 1.77. The van der Waals surface area contributed by atoms with E-state index in [4.69, 9.17) is 4.74 Å². The van der Waals surface area contributed by atoms with Crippen molar-refractivity contribution in [1.29, 1.82) is 0 Å². The molecule has 1 atom stereocenters. The van der Waals surface area contributed by atoms with E-state index >= 15 is 0 Å². The van der Waals surface area contributed by atoms with Gasteiger partial charge in [0.05, 0.1) is 0 Å². The van der Waals surface area contributed by atoms with E-state index in [1.807, 2.05) is 0 Å². The molecule has 0 aliphatic carbocycles. The van der Waals surface area contributed by atoms with Crippen molar-refractivity contribution < 1.29 is 9.53 Å². The summed E-state index contributed by atoms with van der Waals surface area (Å²) in [5.41, 5.74) is 0. The van der Waals surface area contributed by atoms with Gasteiger partial charge in [-0.1, -0.05) is 0 Å². The monoisotopic (exact) mass is 168 g/mol. The minimum absolute atomic E-state index is 0.162. The van der Waals surface area contributed by atoms with E-state index in [1.54, 1.807) is 11.7 Å². The number of alkyl carbamates (subject to hydrolysis) is 1. The van der Waals surface area contributed by atoms with E-state index in [9.17, 15) is 4.79 Å². The summed E-state index contributed by atoms with van der Waals surface area (Å²) < 4.78 is 6.32. The van der Waals surface area contributed by atoms with Crippen LogP contribution in [0.5, 0.6) is 0 Å². The molecule has 0 radical (unpaired) electrons. The van der Waals surface area contributed by atoms with Gasteiger partial charge in [0.25, 0.3) is 0 Å². The van der Waals surface area contributed by atoms with Crippen molar-refractivity contribution in [2.24, 2.45) is 7.05 Å². The predicted molar refractivity (Wildman–Crippen MR) is 38.2 cm³/mol. The first-order valence-corrected chi connectivity index (χ1v) is 3.54. The van der Waals surface area contributed by atoms with Gasteiger partial charge < -0.3 is 10.1 Å². The van der Waals surface area contributed by atoms with Crippen LogP contribution >= 0.6 is 0 Å². The van der Waals surface area contributed by atoms with Gasteiger partial charge in [-0.25, -0.2) is 9.78 Å². The number of hydrogen-bond donors (Lipinski definition) is 1. The molecule has 12 heavy (non-hydrogen) atoms. The molecule has 1 fully saturated rings. The molecule has 1 amide bonds. The van der Waals surface area contributed by atoms with Crippen LogP contribution in [0.1, 0.15) is 11.9 Å². The van der Waals surface area contributed by atoms with Crippen LogP contribution in [0, 0.1) is 0 Å². The van der Waals surface area contributed by atoms with Gasteiger partial charge in [0.1, 0.15) is 19.0 Å². The molecule has 2 heterocycles. The minimum atomic E-state index is -0.400. The predicted octanol–water partition coefficient (Wildman–Crippen LogP) is -0.404. The number of aryl methyl sites for hydroxylation is 1. The number of cyclic esters (lactones) is 1. The van der Waals surface area contributed by atoms with E-state index in [1.165, 1.54) is 6.33 Å². The van der Waals surface area contributed by atoms with E-state index in [0.717, 1.165) is 0 Å². The number of amides is 1. The maximum Gasteiger partial charge on any atom is 0.407 e. The van der Waals surface area contributed by atoms with Crippen molar-refractivity contribution in [2.45, 2.75) is 6.04 Å².